The standard InChI is InChI=1S/C14H16ClN3O2/c1-10(14(19)20)17-4-6-18(7-5-17)12-3-2-11(9-16)13(15)8-12/h2-3,8,10H,4-7H2,1H3,(H,19,20). The fraction of sp³-hybridized carbons (Fsp3) is 0.429. The molecule has 0 spiro atoms. The molecule has 1 atom stereocenters. The third kappa shape index (κ3) is 3.03. The Morgan fingerprint density at radius 2 is 2.05 bits per heavy atom. The quantitative estimate of drug-likeness (QED) is 0.920. The third-order valence-electron chi connectivity index (χ3n) is 3.66. The van der Waals surface area contributed by atoms with Crippen molar-refractivity contribution in [1.29, 1.82) is 5.26 Å². The minimum atomic E-state index is -0.792. The lowest BCUT2D eigenvalue weighted by atomic mass is 10.1. The van der Waals surface area contributed by atoms with Crippen LogP contribution in [0.5, 0.6) is 0 Å². The van der Waals surface area contributed by atoms with Gasteiger partial charge in [-0.2, -0.15) is 5.26 Å². The Balaban J connectivity index is 2.02. The van der Waals surface area contributed by atoms with Crippen LogP contribution in [-0.4, -0.2) is 48.2 Å². The summed E-state index contributed by atoms with van der Waals surface area (Å²) in [5, 5.41) is 18.3. The van der Waals surface area contributed by atoms with Crippen molar-refractivity contribution in [3.05, 3.63) is 28.8 Å². The highest BCUT2D eigenvalue weighted by Crippen LogP contribution is 2.24. The zero-order valence-electron chi connectivity index (χ0n) is 11.2. The summed E-state index contributed by atoms with van der Waals surface area (Å²) in [6, 6.07) is 6.96. The van der Waals surface area contributed by atoms with Crippen molar-refractivity contribution in [3.63, 3.8) is 0 Å². The van der Waals surface area contributed by atoms with Gasteiger partial charge in [-0.25, -0.2) is 0 Å². The van der Waals surface area contributed by atoms with Crippen molar-refractivity contribution in [1.82, 2.24) is 4.90 Å². The number of hydrogen-bond donors (Lipinski definition) is 1. The highest BCUT2D eigenvalue weighted by Gasteiger charge is 2.25. The summed E-state index contributed by atoms with van der Waals surface area (Å²) >= 11 is 6.03. The van der Waals surface area contributed by atoms with Gasteiger partial charge in [0.25, 0.3) is 0 Å². The summed E-state index contributed by atoms with van der Waals surface area (Å²) in [6.07, 6.45) is 0. The molecule has 0 aliphatic carbocycles. The van der Waals surface area contributed by atoms with E-state index in [2.05, 4.69) is 4.90 Å². The number of nitriles is 1. The van der Waals surface area contributed by atoms with Crippen LogP contribution in [-0.2, 0) is 4.79 Å². The van der Waals surface area contributed by atoms with Crippen LogP contribution in [0.4, 0.5) is 5.69 Å². The summed E-state index contributed by atoms with van der Waals surface area (Å²) in [5.74, 6) is -0.792. The molecule has 0 saturated carbocycles. The first-order chi connectivity index (χ1) is 9.52. The molecule has 6 heteroatoms. The van der Waals surface area contributed by atoms with E-state index in [4.69, 9.17) is 22.0 Å². The van der Waals surface area contributed by atoms with Crippen molar-refractivity contribution in [2.24, 2.45) is 0 Å². The van der Waals surface area contributed by atoms with Gasteiger partial charge in [-0.05, 0) is 25.1 Å². The molecule has 0 bridgehead atoms. The maximum atomic E-state index is 11.0. The van der Waals surface area contributed by atoms with E-state index in [0.29, 0.717) is 23.7 Å². The molecule has 1 unspecified atom stereocenters. The van der Waals surface area contributed by atoms with Crippen LogP contribution in [0.15, 0.2) is 18.2 Å². The van der Waals surface area contributed by atoms with Crippen LogP contribution in [0.3, 0.4) is 0 Å². The van der Waals surface area contributed by atoms with E-state index in [9.17, 15) is 4.79 Å². The molecule has 5 nitrogen and oxygen atoms in total. The van der Waals surface area contributed by atoms with E-state index in [0.717, 1.165) is 18.8 Å². The van der Waals surface area contributed by atoms with Gasteiger partial charge in [0.1, 0.15) is 12.1 Å². The number of nitrogens with zero attached hydrogens (tertiary/aromatic N) is 3. The Morgan fingerprint density at radius 1 is 1.40 bits per heavy atom. The van der Waals surface area contributed by atoms with Gasteiger partial charge in [-0.1, -0.05) is 11.6 Å². The molecule has 0 amide bonds. The molecule has 1 aromatic rings. The molecule has 1 aliphatic heterocycles. The number of carboxylic acids is 1. The monoisotopic (exact) mass is 293 g/mol. The average Bonchev–Trinajstić information content (AvgIpc) is 2.46. The number of halogens is 1. The van der Waals surface area contributed by atoms with E-state index in [1.165, 1.54) is 0 Å². The van der Waals surface area contributed by atoms with Crippen molar-refractivity contribution in [2.75, 3.05) is 31.1 Å². The second kappa shape index (κ2) is 6.12. The van der Waals surface area contributed by atoms with E-state index in [1.807, 2.05) is 17.0 Å². The number of hydrogen-bond acceptors (Lipinski definition) is 4. The average molecular weight is 294 g/mol. The molecule has 1 N–H and O–H groups in total. The van der Waals surface area contributed by atoms with Gasteiger partial charge in [-0.15, -0.1) is 0 Å². The SMILES string of the molecule is CC(C(=O)O)N1CCN(c2ccc(C#N)c(Cl)c2)CC1. The van der Waals surface area contributed by atoms with Gasteiger partial charge in [0.05, 0.1) is 10.6 Å². The summed E-state index contributed by atoms with van der Waals surface area (Å²) < 4.78 is 0. The smallest absolute Gasteiger partial charge is 0.320 e. The number of rotatable bonds is 3. The molecule has 0 radical (unpaired) electrons. The van der Waals surface area contributed by atoms with Gasteiger partial charge in [-0.3, -0.25) is 9.69 Å². The van der Waals surface area contributed by atoms with Crippen LogP contribution in [0, 0.1) is 11.3 Å². The summed E-state index contributed by atoms with van der Waals surface area (Å²) in [7, 11) is 0. The van der Waals surface area contributed by atoms with Crippen LogP contribution in [0.25, 0.3) is 0 Å². The first-order valence-corrected chi connectivity index (χ1v) is 6.82. The van der Waals surface area contributed by atoms with Gasteiger partial charge in [0.2, 0.25) is 0 Å². The molecule has 1 saturated heterocycles. The molecule has 0 aromatic heterocycles. The Bertz CT molecular complexity index is 548. The second-order valence-corrected chi connectivity index (χ2v) is 5.22. The summed E-state index contributed by atoms with van der Waals surface area (Å²) in [5.41, 5.74) is 1.44. The highest BCUT2D eigenvalue weighted by molar-refractivity contribution is 6.32. The highest BCUT2D eigenvalue weighted by atomic mass is 35.5. The number of carbonyl (C=O) groups is 1. The first-order valence-electron chi connectivity index (χ1n) is 6.44. The molecule has 20 heavy (non-hydrogen) atoms. The lowest BCUT2D eigenvalue weighted by molar-refractivity contribution is -0.142. The maximum absolute atomic E-state index is 11.0. The molecule has 106 valence electrons. The zero-order valence-corrected chi connectivity index (χ0v) is 12.0. The molecule has 1 heterocycles. The predicted molar refractivity (Wildman–Crippen MR) is 77.1 cm³/mol. The van der Waals surface area contributed by atoms with Crippen molar-refractivity contribution < 1.29 is 9.90 Å². The lowest BCUT2D eigenvalue weighted by Gasteiger charge is -2.37. The predicted octanol–water partition coefficient (Wildman–Crippen LogP) is 1.81. The van der Waals surface area contributed by atoms with Gasteiger partial charge < -0.3 is 10.0 Å². The summed E-state index contributed by atoms with van der Waals surface area (Å²) in [4.78, 5) is 15.1. The molecular formula is C14H16ClN3O2. The Morgan fingerprint density at radius 3 is 2.55 bits per heavy atom. The Labute approximate surface area is 123 Å². The number of aliphatic carboxylic acids is 1. The van der Waals surface area contributed by atoms with Gasteiger partial charge in [0, 0.05) is 31.9 Å². The number of piperazine rings is 1. The second-order valence-electron chi connectivity index (χ2n) is 4.81. The van der Waals surface area contributed by atoms with Crippen molar-refractivity contribution >= 4 is 23.3 Å². The van der Waals surface area contributed by atoms with Crippen LogP contribution < -0.4 is 4.90 Å². The maximum Gasteiger partial charge on any atom is 0.320 e. The molecular weight excluding hydrogens is 278 g/mol. The van der Waals surface area contributed by atoms with E-state index < -0.39 is 12.0 Å². The Hall–Kier alpha value is -1.77. The van der Waals surface area contributed by atoms with Gasteiger partial charge >= 0.3 is 5.97 Å². The number of anilines is 1. The normalized spacial score (nSPS) is 17.6. The number of carboxylic acid groups (broad SMARTS) is 1. The minimum absolute atomic E-state index is 0.450. The van der Waals surface area contributed by atoms with E-state index >= 15 is 0 Å². The van der Waals surface area contributed by atoms with Crippen LogP contribution in [0.2, 0.25) is 5.02 Å². The molecule has 1 fully saturated rings. The summed E-state index contributed by atoms with van der Waals surface area (Å²) in [6.45, 7) is 4.60. The Kier molecular flexibility index (Phi) is 4.48. The first kappa shape index (κ1) is 14.6. The van der Waals surface area contributed by atoms with Crippen molar-refractivity contribution in [2.45, 2.75) is 13.0 Å². The fourth-order valence-electron chi connectivity index (χ4n) is 2.31. The van der Waals surface area contributed by atoms with Crippen molar-refractivity contribution in [3.8, 4) is 6.07 Å². The van der Waals surface area contributed by atoms with Crippen LogP contribution >= 0.6 is 11.6 Å². The van der Waals surface area contributed by atoms with Crippen LogP contribution in [0.1, 0.15) is 12.5 Å². The van der Waals surface area contributed by atoms with Gasteiger partial charge in [0.15, 0.2) is 0 Å². The van der Waals surface area contributed by atoms with E-state index in [-0.39, 0.29) is 0 Å². The topological polar surface area (TPSA) is 67.6 Å². The minimum Gasteiger partial charge on any atom is -0.480 e. The largest absolute Gasteiger partial charge is 0.480 e. The molecule has 1 aromatic carbocycles. The fourth-order valence-corrected chi connectivity index (χ4v) is 2.53. The molecule has 2 rings (SSSR count). The lowest BCUT2D eigenvalue weighted by Crippen LogP contribution is -2.51. The zero-order chi connectivity index (χ0) is 14.7. The number of benzene rings is 1. The third-order valence-corrected chi connectivity index (χ3v) is 3.97. The molecule has 1 aliphatic rings. The van der Waals surface area contributed by atoms with E-state index in [1.54, 1.807) is 19.1 Å².